The summed E-state index contributed by atoms with van der Waals surface area (Å²) in [5.41, 5.74) is 6.90. The Hall–Kier alpha value is -1.46. The van der Waals surface area contributed by atoms with Crippen molar-refractivity contribution < 1.29 is 4.92 Å². The smallest absolute Gasteiger partial charge is 0.269 e. The molecule has 1 aliphatic carbocycles. The monoisotopic (exact) mass is 263 g/mol. The van der Waals surface area contributed by atoms with Crippen LogP contribution in [0.25, 0.3) is 0 Å². The summed E-state index contributed by atoms with van der Waals surface area (Å²) in [5.74, 6) is 0.535. The van der Waals surface area contributed by atoms with Crippen LogP contribution >= 0.6 is 0 Å². The van der Waals surface area contributed by atoms with E-state index in [4.69, 9.17) is 5.73 Å². The number of nitrogens with zero attached hydrogens (tertiary/aromatic N) is 1. The second-order valence-corrected chi connectivity index (χ2v) is 5.19. The van der Waals surface area contributed by atoms with Gasteiger partial charge in [-0.15, -0.1) is 0 Å². The van der Waals surface area contributed by atoms with Gasteiger partial charge in [0.25, 0.3) is 5.69 Å². The molecule has 1 aliphatic rings. The fourth-order valence-corrected chi connectivity index (χ4v) is 2.79. The molecule has 0 spiro atoms. The first kappa shape index (κ1) is 14.0. The molecule has 0 bridgehead atoms. The Morgan fingerprint density at radius 1 is 1.37 bits per heavy atom. The van der Waals surface area contributed by atoms with E-state index in [1.807, 2.05) is 6.07 Å². The highest BCUT2D eigenvalue weighted by molar-refractivity contribution is 5.34. The number of hydrogen-bond acceptors (Lipinski definition) is 4. The van der Waals surface area contributed by atoms with Crippen LogP contribution in [0.15, 0.2) is 24.3 Å². The molecule has 1 saturated carbocycles. The summed E-state index contributed by atoms with van der Waals surface area (Å²) in [6.07, 6.45) is 4.83. The molecule has 5 heteroatoms. The molecule has 1 aromatic carbocycles. The normalized spacial score (nSPS) is 23.2. The molecule has 0 saturated heterocycles. The van der Waals surface area contributed by atoms with Crippen LogP contribution < -0.4 is 11.1 Å². The molecule has 0 heterocycles. The van der Waals surface area contributed by atoms with Gasteiger partial charge in [-0.2, -0.15) is 0 Å². The SMILES string of the molecule is NCC1CCCCC1NCc1cccc([N+](=O)[O-])c1. The van der Waals surface area contributed by atoms with Crippen LogP contribution in [0.2, 0.25) is 0 Å². The number of nitrogens with one attached hydrogen (secondary N) is 1. The van der Waals surface area contributed by atoms with Crippen LogP contribution in [-0.4, -0.2) is 17.5 Å². The third-order valence-corrected chi connectivity index (χ3v) is 3.90. The van der Waals surface area contributed by atoms with Crippen LogP contribution in [0.5, 0.6) is 0 Å². The summed E-state index contributed by atoms with van der Waals surface area (Å²) >= 11 is 0. The molecule has 1 aromatic rings. The zero-order chi connectivity index (χ0) is 13.7. The maximum absolute atomic E-state index is 10.7. The molecule has 3 N–H and O–H groups in total. The van der Waals surface area contributed by atoms with Crippen LogP contribution in [0.1, 0.15) is 31.2 Å². The van der Waals surface area contributed by atoms with Crippen molar-refractivity contribution in [2.45, 2.75) is 38.3 Å². The fraction of sp³-hybridized carbons (Fsp3) is 0.571. The number of benzene rings is 1. The zero-order valence-corrected chi connectivity index (χ0v) is 11.0. The van der Waals surface area contributed by atoms with Gasteiger partial charge in [0.15, 0.2) is 0 Å². The lowest BCUT2D eigenvalue weighted by Crippen LogP contribution is -2.41. The molecule has 0 radical (unpaired) electrons. The van der Waals surface area contributed by atoms with Gasteiger partial charge in [0.05, 0.1) is 4.92 Å². The Balaban J connectivity index is 1.94. The van der Waals surface area contributed by atoms with Crippen molar-refractivity contribution in [3.05, 3.63) is 39.9 Å². The van der Waals surface area contributed by atoms with Crippen molar-refractivity contribution in [2.75, 3.05) is 6.54 Å². The highest BCUT2D eigenvalue weighted by Crippen LogP contribution is 2.24. The van der Waals surface area contributed by atoms with Gasteiger partial charge in [-0.3, -0.25) is 10.1 Å². The van der Waals surface area contributed by atoms with Crippen molar-refractivity contribution >= 4 is 5.69 Å². The number of nitrogens with two attached hydrogens (primary N) is 1. The van der Waals surface area contributed by atoms with Crippen LogP contribution in [-0.2, 0) is 6.54 Å². The Morgan fingerprint density at radius 3 is 2.89 bits per heavy atom. The first-order valence-electron chi connectivity index (χ1n) is 6.87. The molecule has 104 valence electrons. The summed E-state index contributed by atoms with van der Waals surface area (Å²) in [4.78, 5) is 10.4. The van der Waals surface area contributed by atoms with Gasteiger partial charge in [-0.25, -0.2) is 0 Å². The summed E-state index contributed by atoms with van der Waals surface area (Å²) in [6.45, 7) is 1.38. The topological polar surface area (TPSA) is 81.2 Å². The summed E-state index contributed by atoms with van der Waals surface area (Å²) < 4.78 is 0. The minimum absolute atomic E-state index is 0.151. The summed E-state index contributed by atoms with van der Waals surface area (Å²) in [5, 5.41) is 14.2. The van der Waals surface area contributed by atoms with E-state index in [0.717, 1.165) is 12.0 Å². The zero-order valence-electron chi connectivity index (χ0n) is 11.0. The molecule has 19 heavy (non-hydrogen) atoms. The standard InChI is InChI=1S/C14H21N3O2/c15-9-12-5-1-2-7-14(12)16-10-11-4-3-6-13(8-11)17(18)19/h3-4,6,8,12,14,16H,1-2,5,7,9-10,15H2. The van der Waals surface area contributed by atoms with E-state index < -0.39 is 0 Å². The molecule has 2 atom stereocenters. The lowest BCUT2D eigenvalue weighted by molar-refractivity contribution is -0.384. The summed E-state index contributed by atoms with van der Waals surface area (Å²) in [7, 11) is 0. The Morgan fingerprint density at radius 2 is 2.16 bits per heavy atom. The second kappa shape index (κ2) is 6.63. The maximum Gasteiger partial charge on any atom is 0.269 e. The predicted octanol–water partition coefficient (Wildman–Crippen LogP) is 2.20. The van der Waals surface area contributed by atoms with Gasteiger partial charge >= 0.3 is 0 Å². The van der Waals surface area contributed by atoms with Crippen LogP contribution in [0, 0.1) is 16.0 Å². The molecule has 0 amide bonds. The van der Waals surface area contributed by atoms with E-state index in [9.17, 15) is 10.1 Å². The van der Waals surface area contributed by atoms with Crippen molar-refractivity contribution in [3.63, 3.8) is 0 Å². The van der Waals surface area contributed by atoms with E-state index in [0.29, 0.717) is 25.0 Å². The minimum Gasteiger partial charge on any atom is -0.330 e. The number of nitro groups is 1. The van der Waals surface area contributed by atoms with E-state index >= 15 is 0 Å². The maximum atomic E-state index is 10.7. The first-order valence-corrected chi connectivity index (χ1v) is 6.87. The third kappa shape index (κ3) is 3.75. The summed E-state index contributed by atoms with van der Waals surface area (Å²) in [6, 6.07) is 7.24. The van der Waals surface area contributed by atoms with E-state index in [-0.39, 0.29) is 10.6 Å². The van der Waals surface area contributed by atoms with E-state index in [2.05, 4.69) is 5.32 Å². The number of rotatable bonds is 5. The first-order chi connectivity index (χ1) is 9.20. The van der Waals surface area contributed by atoms with Crippen LogP contribution in [0.3, 0.4) is 0 Å². The molecular weight excluding hydrogens is 242 g/mol. The highest BCUT2D eigenvalue weighted by Gasteiger charge is 2.23. The quantitative estimate of drug-likeness (QED) is 0.630. The molecule has 2 rings (SSSR count). The average molecular weight is 263 g/mol. The van der Waals surface area contributed by atoms with Gasteiger partial charge in [0, 0.05) is 24.7 Å². The molecule has 0 aromatic heterocycles. The average Bonchev–Trinajstić information content (AvgIpc) is 2.45. The van der Waals surface area contributed by atoms with Gasteiger partial charge in [-0.05, 0) is 30.9 Å². The molecule has 0 aliphatic heterocycles. The fourth-order valence-electron chi connectivity index (χ4n) is 2.79. The lowest BCUT2D eigenvalue weighted by atomic mass is 9.84. The van der Waals surface area contributed by atoms with Crippen molar-refractivity contribution in [2.24, 2.45) is 11.7 Å². The Bertz CT molecular complexity index is 436. The third-order valence-electron chi connectivity index (χ3n) is 3.90. The van der Waals surface area contributed by atoms with Gasteiger partial charge < -0.3 is 11.1 Å². The van der Waals surface area contributed by atoms with Gasteiger partial charge in [-0.1, -0.05) is 25.0 Å². The molecular formula is C14H21N3O2. The molecule has 5 nitrogen and oxygen atoms in total. The second-order valence-electron chi connectivity index (χ2n) is 5.19. The lowest BCUT2D eigenvalue weighted by Gasteiger charge is -2.31. The van der Waals surface area contributed by atoms with Crippen molar-refractivity contribution in [3.8, 4) is 0 Å². The van der Waals surface area contributed by atoms with E-state index in [1.54, 1.807) is 12.1 Å². The number of non-ortho nitro benzene ring substituents is 1. The Kier molecular flexibility index (Phi) is 4.87. The molecule has 2 unspecified atom stereocenters. The molecule has 1 fully saturated rings. The van der Waals surface area contributed by atoms with Gasteiger partial charge in [0.2, 0.25) is 0 Å². The number of nitro benzene ring substituents is 1. The Labute approximate surface area is 113 Å². The highest BCUT2D eigenvalue weighted by atomic mass is 16.6. The minimum atomic E-state index is -0.354. The largest absolute Gasteiger partial charge is 0.330 e. The van der Waals surface area contributed by atoms with E-state index in [1.165, 1.54) is 25.3 Å². The van der Waals surface area contributed by atoms with Crippen molar-refractivity contribution in [1.82, 2.24) is 5.32 Å². The predicted molar refractivity (Wildman–Crippen MR) is 74.7 cm³/mol. The van der Waals surface area contributed by atoms with Crippen molar-refractivity contribution in [1.29, 1.82) is 0 Å². The van der Waals surface area contributed by atoms with Gasteiger partial charge in [0.1, 0.15) is 0 Å². The van der Waals surface area contributed by atoms with Crippen LogP contribution in [0.4, 0.5) is 5.69 Å². The number of hydrogen-bond donors (Lipinski definition) is 2.